The minimum absolute atomic E-state index is 0.0896. The highest BCUT2D eigenvalue weighted by atomic mass is 32.2. The first-order valence-corrected chi connectivity index (χ1v) is 9.98. The molecule has 0 aliphatic heterocycles. The van der Waals surface area contributed by atoms with E-state index in [9.17, 15) is 18.3 Å². The van der Waals surface area contributed by atoms with Crippen molar-refractivity contribution in [3.8, 4) is 0 Å². The molecule has 23 heavy (non-hydrogen) atoms. The minimum Gasteiger partial charge on any atom is -0.444 e. The molecule has 2 N–H and O–H groups in total. The molecule has 1 amide bonds. The zero-order valence-electron chi connectivity index (χ0n) is 15.3. The third-order valence-electron chi connectivity index (χ3n) is 4.09. The summed E-state index contributed by atoms with van der Waals surface area (Å²) in [4.78, 5) is 11.8. The molecular formula is C16H33NO5S. The van der Waals surface area contributed by atoms with Crippen LogP contribution in [0.15, 0.2) is 0 Å². The van der Waals surface area contributed by atoms with Gasteiger partial charge in [-0.25, -0.2) is 13.2 Å². The lowest BCUT2D eigenvalue weighted by atomic mass is 9.74. The van der Waals surface area contributed by atoms with E-state index in [1.165, 1.54) is 0 Å². The third kappa shape index (κ3) is 8.55. The second-order valence-corrected chi connectivity index (χ2v) is 9.84. The summed E-state index contributed by atoms with van der Waals surface area (Å²) in [5.74, 6) is 0.313. The Balaban J connectivity index is 4.76. The number of alkyl carbamates (subject to hydrolysis) is 1. The lowest BCUT2D eigenvalue weighted by molar-refractivity contribution is 0.0366. The molecule has 138 valence electrons. The van der Waals surface area contributed by atoms with E-state index in [0.717, 1.165) is 0 Å². The van der Waals surface area contributed by atoms with Gasteiger partial charge in [0.2, 0.25) is 0 Å². The summed E-state index contributed by atoms with van der Waals surface area (Å²) in [5, 5.41) is 12.5. The number of amides is 1. The monoisotopic (exact) mass is 351 g/mol. The van der Waals surface area contributed by atoms with Crippen molar-refractivity contribution in [2.45, 2.75) is 60.0 Å². The number of rotatable bonds is 9. The van der Waals surface area contributed by atoms with Crippen LogP contribution in [0.4, 0.5) is 4.79 Å². The molecule has 0 heterocycles. The van der Waals surface area contributed by atoms with E-state index < -0.39 is 26.9 Å². The summed E-state index contributed by atoms with van der Waals surface area (Å²) >= 11 is 0. The molecule has 0 spiro atoms. The highest BCUT2D eigenvalue weighted by molar-refractivity contribution is 7.91. The molecule has 0 aliphatic carbocycles. The first kappa shape index (κ1) is 22.2. The van der Waals surface area contributed by atoms with E-state index in [1.807, 2.05) is 13.8 Å². The molecule has 0 saturated carbocycles. The van der Waals surface area contributed by atoms with Gasteiger partial charge in [-0.3, -0.25) is 0 Å². The summed E-state index contributed by atoms with van der Waals surface area (Å²) in [7, 11) is -3.02. The van der Waals surface area contributed by atoms with Gasteiger partial charge in [0, 0.05) is 17.7 Å². The van der Waals surface area contributed by atoms with Crippen molar-refractivity contribution in [1.82, 2.24) is 5.32 Å². The maximum absolute atomic E-state index is 11.8. The molecule has 1 atom stereocenters. The van der Waals surface area contributed by atoms with Crippen LogP contribution in [0.1, 0.15) is 54.4 Å². The summed E-state index contributed by atoms with van der Waals surface area (Å²) < 4.78 is 28.4. The molecule has 0 fully saturated rings. The van der Waals surface area contributed by atoms with E-state index >= 15 is 0 Å². The smallest absolute Gasteiger partial charge is 0.407 e. The van der Waals surface area contributed by atoms with Gasteiger partial charge in [-0.2, -0.15) is 0 Å². The topological polar surface area (TPSA) is 92.7 Å². The van der Waals surface area contributed by atoms with Crippen LogP contribution in [0.5, 0.6) is 0 Å². The molecule has 0 aliphatic rings. The predicted octanol–water partition coefficient (Wildman–Crippen LogP) is 2.36. The van der Waals surface area contributed by atoms with Gasteiger partial charge >= 0.3 is 6.09 Å². The fourth-order valence-electron chi connectivity index (χ4n) is 2.25. The van der Waals surface area contributed by atoms with Gasteiger partial charge in [-0.05, 0) is 39.5 Å². The van der Waals surface area contributed by atoms with E-state index in [4.69, 9.17) is 4.74 Å². The number of sulfone groups is 1. The maximum atomic E-state index is 11.8. The van der Waals surface area contributed by atoms with Gasteiger partial charge in [0.25, 0.3) is 0 Å². The van der Waals surface area contributed by atoms with E-state index in [-0.39, 0.29) is 30.6 Å². The van der Waals surface area contributed by atoms with Crippen molar-refractivity contribution < 1.29 is 23.1 Å². The van der Waals surface area contributed by atoms with E-state index in [0.29, 0.717) is 12.8 Å². The largest absolute Gasteiger partial charge is 0.444 e. The number of hydrogen-bond donors (Lipinski definition) is 2. The quantitative estimate of drug-likeness (QED) is 0.665. The summed E-state index contributed by atoms with van der Waals surface area (Å²) in [6, 6.07) is 0. The number of carbonyl (C=O) groups excluding carboxylic acids is 1. The number of ether oxygens (including phenoxy) is 1. The lowest BCUT2D eigenvalue weighted by Gasteiger charge is -2.36. The number of aliphatic hydroxyl groups excluding tert-OH is 1. The van der Waals surface area contributed by atoms with Crippen LogP contribution in [-0.4, -0.2) is 49.9 Å². The Morgan fingerprint density at radius 3 is 2.22 bits per heavy atom. The second-order valence-electron chi connectivity index (χ2n) is 7.37. The Bertz CT molecular complexity index is 467. The molecule has 6 nitrogen and oxygen atoms in total. The maximum Gasteiger partial charge on any atom is 0.407 e. The van der Waals surface area contributed by atoms with E-state index in [1.54, 1.807) is 27.7 Å². The highest BCUT2D eigenvalue weighted by Crippen LogP contribution is 2.32. The molecule has 0 saturated heterocycles. The standard InChI is InChI=1S/C16H33NO5S/c1-7-23(20,21)10-8-9-16(12-18,13(2)3)11-17-14(19)22-15(4,5)6/h13,18H,7-12H2,1-6H3,(H,17,19). The molecule has 0 aromatic heterocycles. The Morgan fingerprint density at radius 1 is 1.26 bits per heavy atom. The van der Waals surface area contributed by atoms with Gasteiger partial charge < -0.3 is 15.2 Å². The lowest BCUT2D eigenvalue weighted by Crippen LogP contribution is -2.45. The number of carbonyl (C=O) groups is 1. The average Bonchev–Trinajstić information content (AvgIpc) is 2.40. The van der Waals surface area contributed by atoms with Crippen LogP contribution in [0.3, 0.4) is 0 Å². The molecule has 0 aromatic carbocycles. The highest BCUT2D eigenvalue weighted by Gasteiger charge is 2.34. The van der Waals surface area contributed by atoms with Gasteiger partial charge in [0.15, 0.2) is 0 Å². The molecule has 1 unspecified atom stereocenters. The van der Waals surface area contributed by atoms with Crippen molar-refractivity contribution in [1.29, 1.82) is 0 Å². The van der Waals surface area contributed by atoms with Gasteiger partial charge in [-0.15, -0.1) is 0 Å². The predicted molar refractivity (Wildman–Crippen MR) is 92.2 cm³/mol. The van der Waals surface area contributed by atoms with Crippen molar-refractivity contribution in [2.75, 3.05) is 24.7 Å². The molecular weight excluding hydrogens is 318 g/mol. The Hall–Kier alpha value is -0.820. The first-order valence-electron chi connectivity index (χ1n) is 8.15. The molecule has 0 bridgehead atoms. The van der Waals surface area contributed by atoms with Gasteiger partial charge in [0.1, 0.15) is 15.4 Å². The van der Waals surface area contributed by atoms with Gasteiger partial charge in [-0.1, -0.05) is 20.8 Å². The zero-order valence-corrected chi connectivity index (χ0v) is 16.1. The van der Waals surface area contributed by atoms with Crippen molar-refractivity contribution >= 4 is 15.9 Å². The SMILES string of the molecule is CCS(=O)(=O)CCCC(CO)(CNC(=O)OC(C)(C)C)C(C)C. The van der Waals surface area contributed by atoms with Crippen molar-refractivity contribution in [3.05, 3.63) is 0 Å². The fourth-order valence-corrected chi connectivity index (χ4v) is 3.12. The minimum atomic E-state index is -3.02. The van der Waals surface area contributed by atoms with Crippen molar-refractivity contribution in [2.24, 2.45) is 11.3 Å². The van der Waals surface area contributed by atoms with Crippen LogP contribution >= 0.6 is 0 Å². The first-order chi connectivity index (χ1) is 10.4. The van der Waals surface area contributed by atoms with Gasteiger partial charge in [0.05, 0.1) is 12.4 Å². The Kier molecular flexibility index (Phi) is 8.56. The molecule has 0 rings (SSSR count). The number of aliphatic hydroxyl groups is 1. The molecule has 0 radical (unpaired) electrons. The number of hydrogen-bond acceptors (Lipinski definition) is 5. The fraction of sp³-hybridized carbons (Fsp3) is 0.938. The van der Waals surface area contributed by atoms with Crippen LogP contribution in [0.25, 0.3) is 0 Å². The normalized spacial score (nSPS) is 15.3. The summed E-state index contributed by atoms with van der Waals surface area (Å²) in [6.07, 6.45) is 0.457. The number of nitrogens with one attached hydrogen (secondary N) is 1. The van der Waals surface area contributed by atoms with Crippen LogP contribution < -0.4 is 5.32 Å². The summed E-state index contributed by atoms with van der Waals surface area (Å²) in [6.45, 7) is 11.0. The molecule has 0 aromatic rings. The average molecular weight is 352 g/mol. The van der Waals surface area contributed by atoms with Crippen LogP contribution in [-0.2, 0) is 14.6 Å². The van der Waals surface area contributed by atoms with Crippen LogP contribution in [0.2, 0.25) is 0 Å². The van der Waals surface area contributed by atoms with Crippen LogP contribution in [0, 0.1) is 11.3 Å². The van der Waals surface area contributed by atoms with E-state index in [2.05, 4.69) is 5.32 Å². The Morgan fingerprint density at radius 2 is 1.83 bits per heavy atom. The molecule has 7 heteroatoms. The van der Waals surface area contributed by atoms with Crippen molar-refractivity contribution in [3.63, 3.8) is 0 Å². The third-order valence-corrected chi connectivity index (χ3v) is 5.88. The zero-order chi connectivity index (χ0) is 18.3. The second kappa shape index (κ2) is 8.87. The summed E-state index contributed by atoms with van der Waals surface area (Å²) in [5.41, 5.74) is -1.14. The Labute approximate surface area is 140 Å².